The summed E-state index contributed by atoms with van der Waals surface area (Å²) in [6.07, 6.45) is 5.60. The Kier molecular flexibility index (Phi) is 5.35. The Labute approximate surface area is 146 Å². The van der Waals surface area contributed by atoms with Gasteiger partial charge < -0.3 is 15.1 Å². The van der Waals surface area contributed by atoms with Gasteiger partial charge in [-0.15, -0.1) is 0 Å². The Bertz CT molecular complexity index is 730. The lowest BCUT2D eigenvalue weighted by Gasteiger charge is -2.33. The second-order valence-electron chi connectivity index (χ2n) is 6.31. The second-order valence-corrected chi connectivity index (χ2v) is 6.31. The van der Waals surface area contributed by atoms with Crippen LogP contribution in [0, 0.1) is 12.8 Å². The van der Waals surface area contributed by atoms with Crippen molar-refractivity contribution < 1.29 is 15.0 Å². The van der Waals surface area contributed by atoms with Crippen molar-refractivity contribution in [2.45, 2.75) is 25.9 Å². The van der Waals surface area contributed by atoms with Gasteiger partial charge in [0, 0.05) is 37.2 Å². The third-order valence-corrected chi connectivity index (χ3v) is 4.69. The van der Waals surface area contributed by atoms with Crippen molar-refractivity contribution in [1.82, 2.24) is 19.9 Å². The molecule has 1 saturated heterocycles. The highest BCUT2D eigenvalue weighted by atomic mass is 16.3. The zero-order chi connectivity index (χ0) is 17.8. The van der Waals surface area contributed by atoms with E-state index in [0.29, 0.717) is 43.0 Å². The summed E-state index contributed by atoms with van der Waals surface area (Å²) in [7, 11) is 0. The van der Waals surface area contributed by atoms with Crippen LogP contribution < -0.4 is 0 Å². The third kappa shape index (κ3) is 3.83. The summed E-state index contributed by atoms with van der Waals surface area (Å²) in [6.45, 7) is 2.69. The van der Waals surface area contributed by atoms with Crippen molar-refractivity contribution >= 4 is 5.91 Å². The number of aromatic nitrogens is 3. The molecule has 0 bridgehead atoms. The lowest BCUT2D eigenvalue weighted by molar-refractivity contribution is 0.0178. The minimum atomic E-state index is -0.707. The summed E-state index contributed by atoms with van der Waals surface area (Å²) < 4.78 is 0. The average Bonchev–Trinajstić information content (AvgIpc) is 2.67. The van der Waals surface area contributed by atoms with Gasteiger partial charge in [-0.3, -0.25) is 9.78 Å². The summed E-state index contributed by atoms with van der Waals surface area (Å²) in [4.78, 5) is 27.3. The summed E-state index contributed by atoms with van der Waals surface area (Å²) in [5, 5.41) is 18.8. The molecule has 2 aromatic rings. The number of piperidine rings is 1. The number of rotatable bonds is 4. The fraction of sp³-hybridized carbons (Fsp3) is 0.444. The van der Waals surface area contributed by atoms with Crippen LogP contribution in [0.3, 0.4) is 0 Å². The van der Waals surface area contributed by atoms with Crippen LogP contribution in [0.1, 0.15) is 28.9 Å². The fourth-order valence-corrected chi connectivity index (χ4v) is 3.12. The molecule has 1 aliphatic rings. The van der Waals surface area contributed by atoms with Crippen LogP contribution in [0.15, 0.2) is 30.7 Å². The van der Waals surface area contributed by atoms with Gasteiger partial charge in [-0.25, -0.2) is 9.97 Å². The topological polar surface area (TPSA) is 99.4 Å². The highest BCUT2D eigenvalue weighted by Gasteiger charge is 2.28. The van der Waals surface area contributed by atoms with Crippen molar-refractivity contribution in [3.05, 3.63) is 42.0 Å². The van der Waals surface area contributed by atoms with Gasteiger partial charge in [-0.1, -0.05) is 0 Å². The first-order chi connectivity index (χ1) is 12.1. The number of carbonyl (C=O) groups excluding carboxylic acids is 1. The van der Waals surface area contributed by atoms with Gasteiger partial charge in [0.05, 0.1) is 24.0 Å². The predicted octanol–water partition coefficient (Wildman–Crippen LogP) is 1.05. The van der Waals surface area contributed by atoms with Crippen LogP contribution in [-0.2, 0) is 0 Å². The summed E-state index contributed by atoms with van der Waals surface area (Å²) in [5.74, 6) is 0.499. The molecule has 2 N–H and O–H groups in total. The molecule has 132 valence electrons. The van der Waals surface area contributed by atoms with Crippen LogP contribution in [-0.4, -0.2) is 61.8 Å². The Morgan fingerprint density at radius 3 is 2.72 bits per heavy atom. The van der Waals surface area contributed by atoms with Gasteiger partial charge in [-0.2, -0.15) is 0 Å². The Balaban J connectivity index is 1.71. The number of pyridine rings is 1. The molecule has 7 heteroatoms. The van der Waals surface area contributed by atoms with Gasteiger partial charge in [-0.05, 0) is 37.8 Å². The van der Waals surface area contributed by atoms with Crippen LogP contribution in [0.25, 0.3) is 11.4 Å². The molecule has 0 aromatic carbocycles. The molecule has 1 aliphatic heterocycles. The number of carbonyl (C=O) groups is 1. The molecular weight excluding hydrogens is 320 g/mol. The molecule has 0 radical (unpaired) electrons. The smallest absolute Gasteiger partial charge is 0.257 e. The minimum absolute atomic E-state index is 0.0411. The normalized spacial score (nSPS) is 16.7. The van der Waals surface area contributed by atoms with Crippen LogP contribution in [0.4, 0.5) is 0 Å². The van der Waals surface area contributed by atoms with Gasteiger partial charge in [0.1, 0.15) is 0 Å². The van der Waals surface area contributed by atoms with E-state index in [1.807, 2.05) is 12.1 Å². The molecule has 2 aromatic heterocycles. The van der Waals surface area contributed by atoms with Crippen LogP contribution >= 0.6 is 0 Å². The van der Waals surface area contributed by atoms with Crippen molar-refractivity contribution in [2.75, 3.05) is 19.7 Å². The summed E-state index contributed by atoms with van der Waals surface area (Å²) in [5.41, 5.74) is 1.94. The molecule has 1 amide bonds. The molecule has 7 nitrogen and oxygen atoms in total. The van der Waals surface area contributed by atoms with E-state index < -0.39 is 6.10 Å². The minimum Gasteiger partial charge on any atom is -0.394 e. The maximum Gasteiger partial charge on any atom is 0.257 e. The second kappa shape index (κ2) is 7.67. The van der Waals surface area contributed by atoms with E-state index in [2.05, 4.69) is 15.0 Å². The van der Waals surface area contributed by atoms with E-state index in [4.69, 9.17) is 5.11 Å². The Morgan fingerprint density at radius 1 is 1.36 bits per heavy atom. The standard InChI is InChI=1S/C18H22N4O3/c1-12-15(10-20-17(21-12)14-3-2-6-19-9-14)18(25)22-7-4-13(5-8-22)16(24)11-23/h2-3,6,9-10,13,16,23-24H,4-5,7-8,11H2,1H3. The largest absolute Gasteiger partial charge is 0.394 e. The van der Waals surface area contributed by atoms with Crippen LogP contribution in [0.5, 0.6) is 0 Å². The van der Waals surface area contributed by atoms with E-state index in [-0.39, 0.29) is 18.4 Å². The van der Waals surface area contributed by atoms with Gasteiger partial charge in [0.25, 0.3) is 5.91 Å². The van der Waals surface area contributed by atoms with Gasteiger partial charge in [0.2, 0.25) is 0 Å². The molecule has 0 aliphatic carbocycles. The first kappa shape index (κ1) is 17.4. The monoisotopic (exact) mass is 342 g/mol. The van der Waals surface area contributed by atoms with E-state index in [1.165, 1.54) is 0 Å². The quantitative estimate of drug-likeness (QED) is 0.862. The van der Waals surface area contributed by atoms with Crippen LogP contribution in [0.2, 0.25) is 0 Å². The Morgan fingerprint density at radius 2 is 2.12 bits per heavy atom. The maximum absolute atomic E-state index is 12.7. The number of likely N-dealkylation sites (tertiary alicyclic amines) is 1. The van der Waals surface area contributed by atoms with Crippen molar-refractivity contribution in [3.8, 4) is 11.4 Å². The predicted molar refractivity (Wildman–Crippen MR) is 91.7 cm³/mol. The molecule has 0 spiro atoms. The van der Waals surface area contributed by atoms with Crippen molar-refractivity contribution in [3.63, 3.8) is 0 Å². The number of hydrogen-bond donors (Lipinski definition) is 2. The van der Waals surface area contributed by atoms with E-state index in [0.717, 1.165) is 5.56 Å². The van der Waals surface area contributed by atoms with Gasteiger partial charge >= 0.3 is 0 Å². The van der Waals surface area contributed by atoms with Gasteiger partial charge in [0.15, 0.2) is 5.82 Å². The van der Waals surface area contributed by atoms with E-state index in [1.54, 1.807) is 30.4 Å². The molecule has 1 unspecified atom stereocenters. The number of aliphatic hydroxyl groups excluding tert-OH is 2. The summed E-state index contributed by atoms with van der Waals surface area (Å²) in [6, 6.07) is 3.69. The van der Waals surface area contributed by atoms with E-state index in [9.17, 15) is 9.90 Å². The first-order valence-electron chi connectivity index (χ1n) is 8.42. The number of amides is 1. The SMILES string of the molecule is Cc1nc(-c2cccnc2)ncc1C(=O)N1CCC(C(O)CO)CC1. The highest BCUT2D eigenvalue weighted by molar-refractivity contribution is 5.95. The maximum atomic E-state index is 12.7. The molecule has 3 heterocycles. The van der Waals surface area contributed by atoms with E-state index >= 15 is 0 Å². The number of aliphatic hydroxyl groups is 2. The molecule has 1 atom stereocenters. The first-order valence-corrected chi connectivity index (χ1v) is 8.42. The highest BCUT2D eigenvalue weighted by Crippen LogP contribution is 2.23. The molecule has 0 saturated carbocycles. The average molecular weight is 342 g/mol. The Hall–Kier alpha value is -2.38. The molecular formula is C18H22N4O3. The lowest BCUT2D eigenvalue weighted by atomic mass is 9.91. The number of aryl methyl sites for hydroxylation is 1. The van der Waals surface area contributed by atoms with Crippen molar-refractivity contribution in [1.29, 1.82) is 0 Å². The number of nitrogens with zero attached hydrogens (tertiary/aromatic N) is 4. The zero-order valence-corrected chi connectivity index (χ0v) is 14.2. The van der Waals surface area contributed by atoms with Crippen molar-refractivity contribution in [2.24, 2.45) is 5.92 Å². The molecule has 3 rings (SSSR count). The summed E-state index contributed by atoms with van der Waals surface area (Å²) >= 11 is 0. The molecule has 1 fully saturated rings. The molecule has 25 heavy (non-hydrogen) atoms. The number of hydrogen-bond acceptors (Lipinski definition) is 6. The third-order valence-electron chi connectivity index (χ3n) is 4.69. The zero-order valence-electron chi connectivity index (χ0n) is 14.2. The lowest BCUT2D eigenvalue weighted by Crippen LogP contribution is -2.42. The fourth-order valence-electron chi connectivity index (χ4n) is 3.12.